The number of non-ortho nitro benzene ring substituents is 1. The maximum absolute atomic E-state index is 12.5. The van der Waals surface area contributed by atoms with Gasteiger partial charge in [0.2, 0.25) is 10.0 Å². The maximum Gasteiger partial charge on any atom is 0.278 e. The highest BCUT2D eigenvalue weighted by Crippen LogP contribution is 2.29. The van der Waals surface area contributed by atoms with Gasteiger partial charge in [-0.1, -0.05) is 0 Å². The van der Waals surface area contributed by atoms with Crippen LogP contribution >= 0.6 is 12.4 Å². The molecule has 1 aliphatic heterocycles. The second kappa shape index (κ2) is 7.39. The molecule has 1 saturated heterocycles. The number of nitrogens with one attached hydrogen (secondary N) is 2. The van der Waals surface area contributed by atoms with E-state index in [1.807, 2.05) is 0 Å². The molecule has 2 N–H and O–H groups in total. The van der Waals surface area contributed by atoms with E-state index in [4.69, 9.17) is 0 Å². The van der Waals surface area contributed by atoms with Gasteiger partial charge in [0.1, 0.15) is 4.90 Å². The van der Waals surface area contributed by atoms with Crippen LogP contribution in [0, 0.1) is 10.1 Å². The third-order valence-corrected chi connectivity index (χ3v) is 5.33. The van der Waals surface area contributed by atoms with Crippen molar-refractivity contribution in [1.29, 1.82) is 0 Å². The average Bonchev–Trinajstić information content (AvgIpc) is 3.05. The molecule has 0 bridgehead atoms. The number of fused-ring (bicyclic) bond motifs is 1. The molecule has 0 amide bonds. The van der Waals surface area contributed by atoms with E-state index in [0.717, 1.165) is 19.4 Å². The first-order valence-corrected chi connectivity index (χ1v) is 8.72. The Morgan fingerprint density at radius 3 is 2.83 bits per heavy atom. The molecule has 0 radical (unpaired) electrons. The van der Waals surface area contributed by atoms with E-state index in [-0.39, 0.29) is 46.5 Å². The molecule has 0 aliphatic carbocycles. The zero-order chi connectivity index (χ0) is 16.4. The lowest BCUT2D eigenvalue weighted by Gasteiger charge is -2.13. The Kier molecular flexibility index (Phi) is 5.70. The minimum atomic E-state index is -3.79. The number of nitro groups is 1. The minimum Gasteiger partial charge on any atom is -0.313 e. The van der Waals surface area contributed by atoms with Crippen LogP contribution < -0.4 is 10.0 Å². The Bertz CT molecular complexity index is 853. The van der Waals surface area contributed by atoms with Gasteiger partial charge in [-0.3, -0.25) is 15.1 Å². The second-order valence-electron chi connectivity index (χ2n) is 5.38. The number of hydrogen-bond donors (Lipinski definition) is 2. The summed E-state index contributed by atoms with van der Waals surface area (Å²) in [6.07, 6.45) is 3.36. The lowest BCUT2D eigenvalue weighted by atomic mass is 10.2. The average molecular weight is 373 g/mol. The molecule has 1 aromatic heterocycles. The van der Waals surface area contributed by atoms with Gasteiger partial charge in [0.05, 0.1) is 15.8 Å². The molecule has 24 heavy (non-hydrogen) atoms. The van der Waals surface area contributed by atoms with Crippen molar-refractivity contribution >= 4 is 39.0 Å². The first-order chi connectivity index (χ1) is 11.0. The predicted octanol–water partition coefficient (Wildman–Crippen LogP) is 1.60. The van der Waals surface area contributed by atoms with Gasteiger partial charge < -0.3 is 5.32 Å². The molecule has 8 nitrogen and oxygen atoms in total. The fraction of sp³-hybridized carbons (Fsp3) is 0.357. The summed E-state index contributed by atoms with van der Waals surface area (Å²) in [6.45, 7) is 1.17. The molecule has 2 heterocycles. The first kappa shape index (κ1) is 18.5. The highest BCUT2D eigenvalue weighted by molar-refractivity contribution is 7.89. The van der Waals surface area contributed by atoms with Crippen molar-refractivity contribution in [1.82, 2.24) is 15.0 Å². The quantitative estimate of drug-likeness (QED) is 0.608. The molecular weight excluding hydrogens is 356 g/mol. The second-order valence-corrected chi connectivity index (χ2v) is 7.12. The molecule has 3 rings (SSSR count). The van der Waals surface area contributed by atoms with Crippen molar-refractivity contribution in [3.05, 3.63) is 40.6 Å². The molecule has 0 spiro atoms. The van der Waals surface area contributed by atoms with Crippen LogP contribution in [-0.2, 0) is 10.0 Å². The van der Waals surface area contributed by atoms with Gasteiger partial charge in [-0.25, -0.2) is 13.1 Å². The Morgan fingerprint density at radius 2 is 2.17 bits per heavy atom. The normalized spacial score (nSPS) is 17.6. The van der Waals surface area contributed by atoms with Gasteiger partial charge >= 0.3 is 0 Å². The van der Waals surface area contributed by atoms with Gasteiger partial charge in [0.15, 0.2) is 0 Å². The molecule has 10 heteroatoms. The zero-order valence-corrected chi connectivity index (χ0v) is 14.3. The summed E-state index contributed by atoms with van der Waals surface area (Å²) < 4.78 is 27.6. The number of nitrogens with zero attached hydrogens (tertiary/aromatic N) is 2. The van der Waals surface area contributed by atoms with Crippen LogP contribution in [0.4, 0.5) is 5.69 Å². The molecule has 0 saturated carbocycles. The maximum atomic E-state index is 12.5. The van der Waals surface area contributed by atoms with Crippen molar-refractivity contribution in [2.75, 3.05) is 13.1 Å². The predicted molar refractivity (Wildman–Crippen MR) is 91.9 cm³/mol. The minimum absolute atomic E-state index is 0. The summed E-state index contributed by atoms with van der Waals surface area (Å²) in [5.74, 6) is 0. The van der Waals surface area contributed by atoms with Crippen LogP contribution in [0.5, 0.6) is 0 Å². The monoisotopic (exact) mass is 372 g/mol. The fourth-order valence-electron chi connectivity index (χ4n) is 2.73. The summed E-state index contributed by atoms with van der Waals surface area (Å²) >= 11 is 0. The Labute approximate surface area is 145 Å². The van der Waals surface area contributed by atoms with Crippen LogP contribution in [-0.4, -0.2) is 37.5 Å². The first-order valence-electron chi connectivity index (χ1n) is 7.24. The Morgan fingerprint density at radius 1 is 1.38 bits per heavy atom. The van der Waals surface area contributed by atoms with Crippen LogP contribution in [0.1, 0.15) is 12.8 Å². The topological polar surface area (TPSA) is 114 Å². The molecule has 1 fully saturated rings. The lowest BCUT2D eigenvalue weighted by molar-refractivity contribution is -0.383. The largest absolute Gasteiger partial charge is 0.313 e. The van der Waals surface area contributed by atoms with Gasteiger partial charge in [0, 0.05) is 24.8 Å². The van der Waals surface area contributed by atoms with Gasteiger partial charge in [-0.15, -0.1) is 12.4 Å². The van der Waals surface area contributed by atoms with Gasteiger partial charge in [0.25, 0.3) is 5.69 Å². The third-order valence-electron chi connectivity index (χ3n) is 3.88. The Balaban J connectivity index is 0.00000208. The summed E-state index contributed by atoms with van der Waals surface area (Å²) in [7, 11) is -3.79. The van der Waals surface area contributed by atoms with Crippen LogP contribution in [0.3, 0.4) is 0 Å². The molecule has 2 aromatic rings. The standard InChI is InChI=1S/C14H16N4O4S.ClH/c19-18(20)12-5-6-13(14-11(12)4-2-8-16-14)23(21,22)17-9-10-3-1-7-15-10;/h2,4-6,8,10,15,17H,1,3,7,9H2;1H. The smallest absolute Gasteiger partial charge is 0.278 e. The van der Waals surface area contributed by atoms with E-state index in [1.165, 1.54) is 24.4 Å². The van der Waals surface area contributed by atoms with Crippen molar-refractivity contribution in [2.45, 2.75) is 23.8 Å². The number of rotatable bonds is 5. The summed E-state index contributed by atoms with van der Waals surface area (Å²) in [5.41, 5.74) is -0.0573. The molecule has 1 aliphatic rings. The highest BCUT2D eigenvalue weighted by Gasteiger charge is 2.24. The number of hydrogen-bond acceptors (Lipinski definition) is 6. The van der Waals surface area contributed by atoms with E-state index in [2.05, 4.69) is 15.0 Å². The third kappa shape index (κ3) is 3.64. The Hall–Kier alpha value is -1.81. The van der Waals surface area contributed by atoms with Crippen LogP contribution in [0.25, 0.3) is 10.9 Å². The van der Waals surface area contributed by atoms with Crippen LogP contribution in [0.15, 0.2) is 35.4 Å². The van der Waals surface area contributed by atoms with E-state index in [0.29, 0.717) is 0 Å². The van der Waals surface area contributed by atoms with E-state index in [9.17, 15) is 18.5 Å². The van der Waals surface area contributed by atoms with Gasteiger partial charge in [-0.05, 0) is 37.6 Å². The van der Waals surface area contributed by atoms with Crippen molar-refractivity contribution in [2.24, 2.45) is 0 Å². The molecule has 1 unspecified atom stereocenters. The van der Waals surface area contributed by atoms with E-state index >= 15 is 0 Å². The number of benzene rings is 1. The summed E-state index contributed by atoms with van der Waals surface area (Å²) in [5, 5.41) is 14.5. The van der Waals surface area contributed by atoms with Crippen molar-refractivity contribution < 1.29 is 13.3 Å². The SMILES string of the molecule is Cl.O=[N+]([O-])c1ccc(S(=O)(=O)NCC2CCCN2)c2ncccc12. The molecule has 1 atom stereocenters. The number of sulfonamides is 1. The molecule has 1 aromatic carbocycles. The molecule has 130 valence electrons. The van der Waals surface area contributed by atoms with E-state index in [1.54, 1.807) is 6.07 Å². The van der Waals surface area contributed by atoms with Crippen molar-refractivity contribution in [3.8, 4) is 0 Å². The fourth-order valence-corrected chi connectivity index (χ4v) is 3.97. The number of halogens is 1. The lowest BCUT2D eigenvalue weighted by Crippen LogP contribution is -2.37. The zero-order valence-electron chi connectivity index (χ0n) is 12.6. The highest BCUT2D eigenvalue weighted by atomic mass is 35.5. The van der Waals surface area contributed by atoms with Crippen LogP contribution in [0.2, 0.25) is 0 Å². The van der Waals surface area contributed by atoms with Gasteiger partial charge in [-0.2, -0.15) is 0 Å². The molecular formula is C14H17ClN4O4S. The van der Waals surface area contributed by atoms with Crippen molar-refractivity contribution in [3.63, 3.8) is 0 Å². The number of nitro benzene ring substituents is 1. The summed E-state index contributed by atoms with van der Waals surface area (Å²) in [6, 6.07) is 5.59. The van der Waals surface area contributed by atoms with E-state index < -0.39 is 14.9 Å². The number of pyridine rings is 1. The summed E-state index contributed by atoms with van der Waals surface area (Å²) in [4.78, 5) is 14.5. The number of aromatic nitrogens is 1.